The van der Waals surface area contributed by atoms with Crippen molar-refractivity contribution in [3.05, 3.63) is 47.6 Å². The largest absolute Gasteiger partial charge is 0.480 e. The van der Waals surface area contributed by atoms with Crippen LogP contribution in [0.2, 0.25) is 0 Å². The maximum absolute atomic E-state index is 15.0. The van der Waals surface area contributed by atoms with E-state index in [4.69, 9.17) is 59.6 Å². The lowest BCUT2D eigenvalue weighted by atomic mass is 9.78. The van der Waals surface area contributed by atoms with Crippen molar-refractivity contribution in [2.75, 3.05) is 83.8 Å². The fraction of sp³-hybridized carbons (Fsp3) is 0.714. The minimum Gasteiger partial charge on any atom is -0.480 e. The van der Waals surface area contributed by atoms with E-state index in [1.165, 1.54) is 25.2 Å². The zero-order valence-electron chi connectivity index (χ0n) is 66.0. The monoisotopic (exact) mass is 1620 g/mol. The van der Waals surface area contributed by atoms with Crippen molar-refractivity contribution < 1.29 is 125 Å². The Hall–Kier alpha value is -7.48. The first kappa shape index (κ1) is 96.9. The van der Waals surface area contributed by atoms with Gasteiger partial charge in [-0.05, 0) is 126 Å². The summed E-state index contributed by atoms with van der Waals surface area (Å²) in [6.07, 6.45) is 7.43. The van der Waals surface area contributed by atoms with Gasteiger partial charge in [0.05, 0.1) is 49.1 Å². The molecule has 0 spiro atoms. The number of cyclic esters (lactones) is 1. The molecule has 3 fully saturated rings. The summed E-state index contributed by atoms with van der Waals surface area (Å²) < 4.78 is 48.5. The number of aliphatic carboxylic acids is 3. The molecule has 3 heterocycles. The van der Waals surface area contributed by atoms with Crippen molar-refractivity contribution in [2.24, 2.45) is 47.0 Å². The number of thioether (sulfide) groups is 2. The highest BCUT2D eigenvalue weighted by molar-refractivity contribution is 8.00. The lowest BCUT2D eigenvalue weighted by molar-refractivity contribution is -0.170. The second-order valence-corrected chi connectivity index (χ2v) is 31.4. The first-order valence-electron chi connectivity index (χ1n) is 38.2. The van der Waals surface area contributed by atoms with Crippen LogP contribution in [0.3, 0.4) is 0 Å². The minimum atomic E-state index is -1.44. The van der Waals surface area contributed by atoms with Crippen LogP contribution >= 0.6 is 23.5 Å². The number of esters is 3. The fourth-order valence-corrected chi connectivity index (χ4v) is 15.5. The van der Waals surface area contributed by atoms with Gasteiger partial charge in [0.2, 0.25) is 29.4 Å². The number of carboxylic acid groups (broad SMARTS) is 3. The summed E-state index contributed by atoms with van der Waals surface area (Å²) in [6, 6.07) is -6.44. The van der Waals surface area contributed by atoms with Crippen LogP contribution in [0.4, 0.5) is 0 Å². The molecule has 3 aliphatic heterocycles. The van der Waals surface area contributed by atoms with Crippen molar-refractivity contribution in [3.63, 3.8) is 0 Å². The van der Waals surface area contributed by atoms with Gasteiger partial charge < -0.3 is 96.0 Å². The van der Waals surface area contributed by atoms with E-state index in [1.54, 1.807) is 27.9 Å². The Morgan fingerprint density at radius 2 is 1.34 bits per heavy atom. The predicted octanol–water partition coefficient (Wildman–Crippen LogP) is 3.11. The van der Waals surface area contributed by atoms with Gasteiger partial charge in [-0.2, -0.15) is 0 Å². The summed E-state index contributed by atoms with van der Waals surface area (Å²) in [5.74, 6) is -15.8. The van der Waals surface area contributed by atoms with Crippen LogP contribution in [0.25, 0.3) is 0 Å². The van der Waals surface area contributed by atoms with Crippen LogP contribution in [-0.2, 0) is 105 Å². The smallest absolute Gasteiger partial charge is 0.329 e. The SMILES string of the molecule is CO[C@H]1C[C@@H]2CC[C@@H](C)[C@@H](O2)C(=O)C(=O)N2CCCC[C@H]2C(=O)OC([C@H](C)C[C@@H]2CC[C@@H](OCCOC(=O)CSC[C@H](NC(=O)CC[C@H](N)C(=O)O)C(=O)NCC(=O)O)[C@H](OC)C2)CC(=O)[C@H](C)/C=C(\C)[C@@H](OC(=O)CSC[C@H](NC(=O)CC[C@H](N)C(=O)O)C(=O)NCCO)[C@@H](OC)C(=O)[C@H](C)C[C@@H](C)\C=C/C=C/C=C/1C. The zero-order valence-corrected chi connectivity index (χ0v) is 67.6. The minimum absolute atomic E-state index is 0.0392. The fourth-order valence-electron chi connectivity index (χ4n) is 13.8. The molecule has 0 aromatic heterocycles. The summed E-state index contributed by atoms with van der Waals surface area (Å²) in [4.78, 5) is 187. The van der Waals surface area contributed by atoms with E-state index in [0.717, 1.165) is 29.1 Å². The lowest BCUT2D eigenvalue weighted by Crippen LogP contribution is -2.55. The average Bonchev–Trinajstić information content (AvgIpc) is 0.807. The van der Waals surface area contributed by atoms with Gasteiger partial charge in [0, 0.05) is 83.4 Å². The molecule has 4 rings (SSSR count). The first-order valence-corrected chi connectivity index (χ1v) is 40.6. The van der Waals surface area contributed by atoms with Crippen LogP contribution in [0.5, 0.6) is 0 Å². The van der Waals surface area contributed by atoms with Crippen molar-refractivity contribution >= 4 is 106 Å². The van der Waals surface area contributed by atoms with Crippen molar-refractivity contribution in [1.29, 1.82) is 0 Å². The third kappa shape index (κ3) is 33.5. The molecule has 0 aromatic carbocycles. The predicted molar refractivity (Wildman–Crippen MR) is 411 cm³/mol. The number of allylic oxidation sites excluding steroid dienone is 6. The molecule has 2 saturated heterocycles. The summed E-state index contributed by atoms with van der Waals surface area (Å²) in [5.41, 5.74) is 12.2. The molecule has 2 bridgehead atoms. The second kappa shape index (κ2) is 50.7. The van der Waals surface area contributed by atoms with Crippen LogP contribution in [0, 0.1) is 35.5 Å². The number of fused-ring (bicyclic) bond motifs is 3. The van der Waals surface area contributed by atoms with Gasteiger partial charge in [-0.3, -0.25) is 62.3 Å². The Morgan fingerprint density at radius 3 is 1.94 bits per heavy atom. The maximum Gasteiger partial charge on any atom is 0.329 e. The van der Waals surface area contributed by atoms with E-state index in [0.29, 0.717) is 64.2 Å². The van der Waals surface area contributed by atoms with E-state index < -0.39 is 198 Å². The van der Waals surface area contributed by atoms with E-state index in [-0.39, 0.29) is 105 Å². The Kier molecular flexibility index (Phi) is 43.8. The van der Waals surface area contributed by atoms with Crippen LogP contribution in [0.1, 0.15) is 151 Å². The number of carboxylic acids is 3. The van der Waals surface area contributed by atoms with Crippen molar-refractivity contribution in [3.8, 4) is 0 Å². The highest BCUT2D eigenvalue weighted by Gasteiger charge is 2.45. The third-order valence-electron chi connectivity index (χ3n) is 20.3. The molecule has 19 atom stereocenters. The van der Waals surface area contributed by atoms with Gasteiger partial charge in [-0.25, -0.2) is 4.79 Å². The Bertz CT molecular complexity index is 3300. The van der Waals surface area contributed by atoms with Crippen LogP contribution in [0.15, 0.2) is 47.6 Å². The molecule has 0 aromatic rings. The van der Waals surface area contributed by atoms with Gasteiger partial charge >= 0.3 is 35.8 Å². The number of hydrogen-bond donors (Lipinski definition) is 10. The number of ketones is 3. The topological polar surface area (TPSA) is 497 Å². The summed E-state index contributed by atoms with van der Waals surface area (Å²) in [7, 11) is 4.39. The van der Waals surface area contributed by atoms with E-state index in [9.17, 15) is 72.5 Å². The highest BCUT2D eigenvalue weighted by atomic mass is 32.2. The molecular formula is C77H119N7O26S2. The Morgan fingerprint density at radius 1 is 0.705 bits per heavy atom. The molecule has 35 heteroatoms. The molecule has 630 valence electrons. The number of nitrogens with two attached hydrogens (primary N) is 2. The maximum atomic E-state index is 15.0. The van der Waals surface area contributed by atoms with Gasteiger partial charge in [0.1, 0.15) is 61.4 Å². The molecule has 33 nitrogen and oxygen atoms in total. The third-order valence-corrected chi connectivity index (χ3v) is 22.3. The standard InChI is InChI=1S/C77H119N7O26S2/c1-43-16-12-11-13-17-44(2)59(103-8)36-51-21-19-45(3)69(108-51)68(94)74(97)84-28-15-14-18-56(84)77(102)109-60(47(5)34-50-20-24-58(61(35-50)104-9)106-30-31-107-65(91)41-111-40-55(73(96)81-38-64(89)90)83-63(88)26-23-53(79)76(100)101)37-57(86)46(4)33-49(7)70(71(105-10)67(93)48(6)32-43)110-66(92)42-112-39-54(72(95)80-27-29-85)82-62(87)25-22-52(78)75(98)99/h11-13,16-17,33,43,45-48,50-56,58-61,69-71,85H,14-15,18-32,34-42,78-79H2,1-10H3,(H,80,95)(H,81,96)(H,82,87)(H,83,88)(H,89,90)(H,98,99)(H,100,101)/b13-11+,16-12-,44-17+,49-33+/t43-,45+,46+,47+,48+,50-,51-,52-,53-,54-,55-,56-,58+,59-,60?,61+,69+,70+,71-/m0/s1. The van der Waals surface area contributed by atoms with E-state index in [1.807, 2.05) is 58.1 Å². The number of carbonyl (C=O) groups excluding carboxylic acids is 11. The number of amides is 5. The summed E-state index contributed by atoms with van der Waals surface area (Å²) >= 11 is 1.81. The number of nitrogens with one attached hydrogen (secondary N) is 4. The molecule has 5 amide bonds. The van der Waals surface area contributed by atoms with Crippen LogP contribution in [-0.4, -0.2) is 271 Å². The number of piperidine rings is 1. The van der Waals surface area contributed by atoms with E-state index >= 15 is 4.79 Å². The van der Waals surface area contributed by atoms with Gasteiger partial charge in [-0.15, -0.1) is 23.5 Å². The molecule has 12 N–H and O–H groups in total. The number of methoxy groups -OCH3 is 3. The normalized spacial score (nSPS) is 28.4. The molecule has 112 heavy (non-hydrogen) atoms. The molecular weight excluding hydrogens is 1500 g/mol. The van der Waals surface area contributed by atoms with Crippen molar-refractivity contribution in [1.82, 2.24) is 26.2 Å². The lowest BCUT2D eigenvalue weighted by Gasteiger charge is -2.39. The molecule has 1 saturated carbocycles. The van der Waals surface area contributed by atoms with E-state index in [2.05, 4.69) is 21.3 Å². The molecule has 0 radical (unpaired) electrons. The number of hydrogen-bond acceptors (Lipinski definition) is 27. The van der Waals surface area contributed by atoms with Crippen molar-refractivity contribution in [2.45, 2.75) is 230 Å². The quantitative estimate of drug-likeness (QED) is 0.0143. The number of carbonyl (C=O) groups is 14. The number of aliphatic hydroxyl groups excluding tert-OH is 1. The number of aliphatic hydroxyl groups is 1. The Balaban J connectivity index is 1.65. The highest BCUT2D eigenvalue weighted by Crippen LogP contribution is 2.37. The summed E-state index contributed by atoms with van der Waals surface area (Å²) in [5, 5.41) is 46.4. The molecule has 1 unspecified atom stereocenters. The Labute approximate surface area is 663 Å². The average molecular weight is 1620 g/mol. The number of Topliss-reactive ketones (excluding diaryl/α,β-unsaturated/α-hetero) is 3. The number of ether oxygens (including phenoxy) is 8. The number of rotatable bonds is 35. The van der Waals surface area contributed by atoms with Gasteiger partial charge in [0.25, 0.3) is 5.91 Å². The summed E-state index contributed by atoms with van der Waals surface area (Å²) in [6.45, 7) is 10.9. The van der Waals surface area contributed by atoms with Gasteiger partial charge in [0.15, 0.2) is 18.0 Å². The molecule has 1 aliphatic carbocycles. The number of nitrogens with zero attached hydrogens (tertiary/aromatic N) is 1. The first-order chi connectivity index (χ1) is 53.1. The van der Waals surface area contributed by atoms with Crippen LogP contribution < -0.4 is 32.7 Å². The van der Waals surface area contributed by atoms with Gasteiger partial charge in [-0.1, -0.05) is 71.1 Å². The zero-order chi connectivity index (χ0) is 83.3. The second-order valence-electron chi connectivity index (χ2n) is 29.3. The molecule has 4 aliphatic rings.